The van der Waals surface area contributed by atoms with Crippen LogP contribution in [0.25, 0.3) is 0 Å². The van der Waals surface area contributed by atoms with Gasteiger partial charge in [-0.2, -0.15) is 0 Å². The van der Waals surface area contributed by atoms with Crippen molar-refractivity contribution < 1.29 is 12.8 Å². The van der Waals surface area contributed by atoms with Gasteiger partial charge in [0.05, 0.1) is 11.5 Å². The van der Waals surface area contributed by atoms with Gasteiger partial charge >= 0.3 is 0 Å². The molecule has 1 aromatic carbocycles. The van der Waals surface area contributed by atoms with Crippen molar-refractivity contribution in [2.75, 3.05) is 29.5 Å². The zero-order valence-corrected chi connectivity index (χ0v) is 12.8. The Bertz CT molecular complexity index is 614. The van der Waals surface area contributed by atoms with Crippen LogP contribution in [0.5, 0.6) is 0 Å². The number of benzene rings is 1. The van der Waals surface area contributed by atoms with Gasteiger partial charge in [0, 0.05) is 36.9 Å². The van der Waals surface area contributed by atoms with E-state index < -0.39 is 9.84 Å². The summed E-state index contributed by atoms with van der Waals surface area (Å²) in [7, 11) is -2.95. The Kier molecular flexibility index (Phi) is 4.17. The molecule has 0 aromatic heterocycles. The lowest BCUT2D eigenvalue weighted by atomic mass is 10.1. The molecular weight excluding hydrogens is 291 g/mol. The molecule has 1 aliphatic heterocycles. The van der Waals surface area contributed by atoms with Gasteiger partial charge in [0.2, 0.25) is 0 Å². The lowest BCUT2D eigenvalue weighted by molar-refractivity contribution is 0.585. The summed E-state index contributed by atoms with van der Waals surface area (Å²) in [5.41, 5.74) is 1.49. The molecule has 0 spiro atoms. The van der Waals surface area contributed by atoms with Gasteiger partial charge in [-0.3, -0.25) is 0 Å². The van der Waals surface area contributed by atoms with Crippen molar-refractivity contribution in [1.29, 1.82) is 0 Å². The molecule has 1 saturated heterocycles. The van der Waals surface area contributed by atoms with E-state index in [-0.39, 0.29) is 17.3 Å². The summed E-state index contributed by atoms with van der Waals surface area (Å²) in [6.45, 7) is 1.62. The highest BCUT2D eigenvalue weighted by Gasteiger charge is 2.24. The van der Waals surface area contributed by atoms with E-state index in [1.807, 2.05) is 11.0 Å². The Morgan fingerprint density at radius 1 is 1.24 bits per heavy atom. The van der Waals surface area contributed by atoms with Gasteiger partial charge in [-0.05, 0) is 31.4 Å². The fourth-order valence-corrected chi connectivity index (χ4v) is 4.00. The molecule has 0 bridgehead atoms. The van der Waals surface area contributed by atoms with Crippen LogP contribution in [0.3, 0.4) is 0 Å². The Morgan fingerprint density at radius 3 is 2.81 bits per heavy atom. The monoisotopic (exact) mass is 312 g/mol. The summed E-state index contributed by atoms with van der Waals surface area (Å²) in [5.74, 6) is 0.167. The fraction of sp³-hybridized carbons (Fsp3) is 0.600. The first kappa shape index (κ1) is 14.8. The van der Waals surface area contributed by atoms with Gasteiger partial charge in [0.25, 0.3) is 0 Å². The molecular formula is C15H21FN2O2S. The summed E-state index contributed by atoms with van der Waals surface area (Å²) in [5, 5.41) is 3.34. The van der Waals surface area contributed by atoms with Gasteiger partial charge in [-0.25, -0.2) is 12.8 Å². The molecule has 0 unspecified atom stereocenters. The standard InChI is InChI=1S/C15H21FN2O2S/c16-14-3-1-4-15(13(14)11-17-12-5-6-12)18-7-2-9-21(19,20)10-8-18/h1,3-4,12,17H,2,5-11H2. The minimum atomic E-state index is -2.95. The Morgan fingerprint density at radius 2 is 2.05 bits per heavy atom. The van der Waals surface area contributed by atoms with Crippen molar-refractivity contribution in [2.45, 2.75) is 31.8 Å². The minimum absolute atomic E-state index is 0.152. The predicted molar refractivity (Wildman–Crippen MR) is 81.7 cm³/mol. The number of hydrogen-bond acceptors (Lipinski definition) is 4. The molecule has 116 valence electrons. The normalized spacial score (nSPS) is 22.0. The summed E-state index contributed by atoms with van der Waals surface area (Å²) < 4.78 is 37.6. The van der Waals surface area contributed by atoms with Crippen molar-refractivity contribution in [1.82, 2.24) is 5.32 Å². The van der Waals surface area contributed by atoms with Crippen molar-refractivity contribution in [3.8, 4) is 0 Å². The molecule has 1 saturated carbocycles. The average molecular weight is 312 g/mol. The first-order chi connectivity index (χ1) is 10.1. The van der Waals surface area contributed by atoms with E-state index in [1.165, 1.54) is 6.07 Å². The number of rotatable bonds is 4. The molecule has 1 aromatic rings. The molecule has 0 amide bonds. The van der Waals surface area contributed by atoms with E-state index >= 15 is 0 Å². The van der Waals surface area contributed by atoms with Crippen molar-refractivity contribution in [2.24, 2.45) is 0 Å². The molecule has 4 nitrogen and oxygen atoms in total. The lowest BCUT2D eigenvalue weighted by Crippen LogP contribution is -2.29. The van der Waals surface area contributed by atoms with Crippen LogP contribution in [0.2, 0.25) is 0 Å². The molecule has 1 heterocycles. The third-order valence-electron chi connectivity index (χ3n) is 4.14. The summed E-state index contributed by atoms with van der Waals surface area (Å²) >= 11 is 0. The van der Waals surface area contributed by atoms with Crippen LogP contribution >= 0.6 is 0 Å². The second-order valence-electron chi connectivity index (χ2n) is 5.89. The third-order valence-corrected chi connectivity index (χ3v) is 5.85. The molecule has 2 aliphatic rings. The number of sulfone groups is 1. The summed E-state index contributed by atoms with van der Waals surface area (Å²) in [6.07, 6.45) is 2.92. The minimum Gasteiger partial charge on any atom is -0.370 e. The maximum atomic E-state index is 14.1. The molecule has 3 rings (SSSR count). The van der Waals surface area contributed by atoms with E-state index in [0.29, 0.717) is 37.7 Å². The second-order valence-corrected chi connectivity index (χ2v) is 8.19. The highest BCUT2D eigenvalue weighted by molar-refractivity contribution is 7.91. The lowest BCUT2D eigenvalue weighted by Gasteiger charge is -2.25. The van der Waals surface area contributed by atoms with Gasteiger partial charge < -0.3 is 10.2 Å². The molecule has 2 fully saturated rings. The molecule has 6 heteroatoms. The Hall–Kier alpha value is -1.14. The SMILES string of the molecule is O=S1(=O)CCCN(c2cccc(F)c2CNC2CC2)CC1. The molecule has 1 aliphatic carbocycles. The number of nitrogens with zero attached hydrogens (tertiary/aromatic N) is 1. The van der Waals surface area contributed by atoms with Crippen LogP contribution in [0.1, 0.15) is 24.8 Å². The first-order valence-electron chi connectivity index (χ1n) is 7.51. The number of anilines is 1. The predicted octanol–water partition coefficient (Wildman–Crippen LogP) is 1.70. The largest absolute Gasteiger partial charge is 0.370 e. The second kappa shape index (κ2) is 5.93. The van der Waals surface area contributed by atoms with E-state index in [0.717, 1.165) is 18.5 Å². The summed E-state index contributed by atoms with van der Waals surface area (Å²) in [6, 6.07) is 5.58. The number of hydrogen-bond donors (Lipinski definition) is 1. The van der Waals surface area contributed by atoms with E-state index in [4.69, 9.17) is 0 Å². The highest BCUT2D eigenvalue weighted by Crippen LogP contribution is 2.26. The quantitative estimate of drug-likeness (QED) is 0.919. The van der Waals surface area contributed by atoms with Gasteiger partial charge in [0.1, 0.15) is 5.82 Å². The van der Waals surface area contributed by atoms with Crippen molar-refractivity contribution in [3.63, 3.8) is 0 Å². The molecule has 21 heavy (non-hydrogen) atoms. The number of halogens is 1. The van der Waals surface area contributed by atoms with Crippen LogP contribution in [0.4, 0.5) is 10.1 Å². The van der Waals surface area contributed by atoms with Crippen LogP contribution in [-0.2, 0) is 16.4 Å². The zero-order chi connectivity index (χ0) is 14.9. The van der Waals surface area contributed by atoms with E-state index in [1.54, 1.807) is 6.07 Å². The Balaban J connectivity index is 1.81. The van der Waals surface area contributed by atoms with Crippen LogP contribution in [0.15, 0.2) is 18.2 Å². The third kappa shape index (κ3) is 3.74. The highest BCUT2D eigenvalue weighted by atomic mass is 32.2. The maximum Gasteiger partial charge on any atom is 0.152 e. The van der Waals surface area contributed by atoms with Gasteiger partial charge in [0.15, 0.2) is 9.84 Å². The average Bonchev–Trinajstić information content (AvgIpc) is 3.25. The zero-order valence-electron chi connectivity index (χ0n) is 12.0. The molecule has 1 N–H and O–H groups in total. The van der Waals surface area contributed by atoms with Crippen LogP contribution in [0, 0.1) is 5.82 Å². The van der Waals surface area contributed by atoms with Crippen molar-refractivity contribution in [3.05, 3.63) is 29.6 Å². The van der Waals surface area contributed by atoms with Gasteiger partial charge in [-0.1, -0.05) is 6.07 Å². The topological polar surface area (TPSA) is 49.4 Å². The van der Waals surface area contributed by atoms with Crippen LogP contribution < -0.4 is 10.2 Å². The molecule has 0 radical (unpaired) electrons. The van der Waals surface area contributed by atoms with Gasteiger partial charge in [-0.15, -0.1) is 0 Å². The van der Waals surface area contributed by atoms with E-state index in [9.17, 15) is 12.8 Å². The van der Waals surface area contributed by atoms with Crippen molar-refractivity contribution >= 4 is 15.5 Å². The maximum absolute atomic E-state index is 14.1. The number of nitrogens with one attached hydrogen (secondary N) is 1. The van der Waals surface area contributed by atoms with E-state index in [2.05, 4.69) is 5.32 Å². The molecule has 0 atom stereocenters. The fourth-order valence-electron chi connectivity index (χ4n) is 2.73. The Labute approximate surface area is 125 Å². The first-order valence-corrected chi connectivity index (χ1v) is 9.33. The smallest absolute Gasteiger partial charge is 0.152 e. The van der Waals surface area contributed by atoms with Crippen LogP contribution in [-0.4, -0.2) is 39.1 Å². The summed E-state index contributed by atoms with van der Waals surface area (Å²) in [4.78, 5) is 2.01.